The molecule has 0 aliphatic carbocycles. The number of halogens is 1. The van der Waals surface area contributed by atoms with Crippen molar-refractivity contribution in [1.82, 2.24) is 10.1 Å². The maximum Gasteiger partial charge on any atom is 0.223 e. The van der Waals surface area contributed by atoms with Crippen molar-refractivity contribution in [1.29, 1.82) is 0 Å². The molecule has 2 rings (SSSR count). The molecule has 0 saturated heterocycles. The Kier molecular flexibility index (Phi) is 2.30. The van der Waals surface area contributed by atoms with Gasteiger partial charge in [0.05, 0.1) is 0 Å². The molecule has 1 aromatic carbocycles. The van der Waals surface area contributed by atoms with Crippen LogP contribution in [0.25, 0.3) is 11.4 Å². The van der Waals surface area contributed by atoms with Crippen LogP contribution in [0.3, 0.4) is 0 Å². The van der Waals surface area contributed by atoms with Crippen LogP contribution < -0.4 is 0 Å². The van der Waals surface area contributed by atoms with Crippen molar-refractivity contribution >= 4 is 22.6 Å². The summed E-state index contributed by atoms with van der Waals surface area (Å²) in [4.78, 5) is 4.14. The Balaban J connectivity index is 2.46. The van der Waals surface area contributed by atoms with E-state index in [-0.39, 0.29) is 0 Å². The zero-order chi connectivity index (χ0) is 9.26. The Bertz CT molecular complexity index is 425. The number of rotatable bonds is 1. The van der Waals surface area contributed by atoms with E-state index in [2.05, 4.69) is 32.7 Å². The maximum absolute atomic E-state index is 4.90. The third-order valence-corrected chi connectivity index (χ3v) is 2.28. The first-order valence-electron chi connectivity index (χ1n) is 3.82. The molecule has 0 atom stereocenters. The lowest BCUT2D eigenvalue weighted by Gasteiger charge is -1.93. The second kappa shape index (κ2) is 3.45. The van der Waals surface area contributed by atoms with E-state index in [4.69, 9.17) is 4.52 Å². The van der Waals surface area contributed by atoms with Gasteiger partial charge in [-0.15, -0.1) is 0 Å². The van der Waals surface area contributed by atoms with Gasteiger partial charge in [-0.1, -0.05) is 17.3 Å². The molecule has 0 unspecified atom stereocenters. The van der Waals surface area contributed by atoms with Crippen molar-refractivity contribution < 1.29 is 4.52 Å². The smallest absolute Gasteiger partial charge is 0.223 e. The molecule has 1 aromatic heterocycles. The monoisotopic (exact) mass is 286 g/mol. The number of aromatic nitrogens is 2. The molecule has 0 fully saturated rings. The predicted octanol–water partition coefficient (Wildman–Crippen LogP) is 2.65. The summed E-state index contributed by atoms with van der Waals surface area (Å²) in [5.41, 5.74) is 0.990. The van der Waals surface area contributed by atoms with E-state index in [1.807, 2.05) is 24.3 Å². The van der Waals surface area contributed by atoms with Gasteiger partial charge in [-0.3, -0.25) is 0 Å². The number of hydrogen-bond acceptors (Lipinski definition) is 3. The highest BCUT2D eigenvalue weighted by atomic mass is 127. The molecule has 0 saturated carbocycles. The molecular formula is C9H7IN2O. The normalized spacial score (nSPS) is 10.3. The molecule has 0 radical (unpaired) electrons. The summed E-state index contributed by atoms with van der Waals surface area (Å²) in [5, 5.41) is 3.84. The summed E-state index contributed by atoms with van der Waals surface area (Å²) in [6, 6.07) is 7.98. The molecule has 13 heavy (non-hydrogen) atoms. The number of hydrogen-bond donors (Lipinski definition) is 0. The van der Waals surface area contributed by atoms with E-state index in [0.717, 1.165) is 9.13 Å². The van der Waals surface area contributed by atoms with E-state index in [0.29, 0.717) is 11.7 Å². The molecule has 0 aliphatic heterocycles. The van der Waals surface area contributed by atoms with E-state index in [1.54, 1.807) is 6.92 Å². The van der Waals surface area contributed by atoms with Gasteiger partial charge in [0.2, 0.25) is 11.7 Å². The predicted molar refractivity (Wildman–Crippen MR) is 57.2 cm³/mol. The molecule has 2 aromatic rings. The Morgan fingerprint density at radius 2 is 2.23 bits per heavy atom. The van der Waals surface area contributed by atoms with Crippen LogP contribution in [-0.4, -0.2) is 10.1 Å². The van der Waals surface area contributed by atoms with E-state index < -0.39 is 0 Å². The van der Waals surface area contributed by atoms with Gasteiger partial charge in [-0.25, -0.2) is 0 Å². The van der Waals surface area contributed by atoms with E-state index in [1.165, 1.54) is 0 Å². The first-order valence-corrected chi connectivity index (χ1v) is 4.90. The maximum atomic E-state index is 4.90. The second-order valence-corrected chi connectivity index (χ2v) is 3.89. The van der Waals surface area contributed by atoms with Crippen LogP contribution in [0.4, 0.5) is 0 Å². The fourth-order valence-corrected chi connectivity index (χ4v) is 1.59. The highest BCUT2D eigenvalue weighted by Gasteiger charge is 2.04. The quantitative estimate of drug-likeness (QED) is 0.756. The summed E-state index contributed by atoms with van der Waals surface area (Å²) in [5.74, 6) is 1.24. The van der Waals surface area contributed by atoms with Crippen molar-refractivity contribution in [3.8, 4) is 11.4 Å². The standard InChI is InChI=1S/C9H7IN2O/c1-6-11-9(12-13-6)7-3-2-4-8(10)5-7/h2-5H,1H3. The van der Waals surface area contributed by atoms with Crippen molar-refractivity contribution in [3.63, 3.8) is 0 Å². The molecule has 4 heteroatoms. The summed E-state index contributed by atoms with van der Waals surface area (Å²) < 4.78 is 6.06. The van der Waals surface area contributed by atoms with Crippen LogP contribution in [0.1, 0.15) is 5.89 Å². The highest BCUT2D eigenvalue weighted by molar-refractivity contribution is 14.1. The fourth-order valence-electron chi connectivity index (χ4n) is 1.04. The average Bonchev–Trinajstić information content (AvgIpc) is 2.52. The molecule has 1 heterocycles. The molecular weight excluding hydrogens is 279 g/mol. The molecule has 0 bridgehead atoms. The largest absolute Gasteiger partial charge is 0.339 e. The second-order valence-electron chi connectivity index (χ2n) is 2.65. The summed E-state index contributed by atoms with van der Waals surface area (Å²) in [6.45, 7) is 1.78. The minimum atomic E-state index is 0.592. The molecule has 0 N–H and O–H groups in total. The Morgan fingerprint density at radius 1 is 1.38 bits per heavy atom. The Hall–Kier alpha value is -0.910. The molecule has 66 valence electrons. The summed E-state index contributed by atoms with van der Waals surface area (Å²) >= 11 is 2.25. The average molecular weight is 286 g/mol. The van der Waals surface area contributed by atoms with Gasteiger partial charge < -0.3 is 4.52 Å². The summed E-state index contributed by atoms with van der Waals surface area (Å²) in [6.07, 6.45) is 0. The Labute approximate surface area is 89.3 Å². The molecule has 0 spiro atoms. The van der Waals surface area contributed by atoms with Gasteiger partial charge in [0.15, 0.2) is 0 Å². The van der Waals surface area contributed by atoms with Crippen LogP contribution >= 0.6 is 22.6 Å². The minimum absolute atomic E-state index is 0.592. The molecule has 3 nitrogen and oxygen atoms in total. The highest BCUT2D eigenvalue weighted by Crippen LogP contribution is 2.17. The number of benzene rings is 1. The first kappa shape index (κ1) is 8.68. The lowest BCUT2D eigenvalue weighted by molar-refractivity contribution is 0.394. The van der Waals surface area contributed by atoms with Gasteiger partial charge >= 0.3 is 0 Å². The third kappa shape index (κ3) is 1.88. The van der Waals surface area contributed by atoms with Gasteiger partial charge in [-0.05, 0) is 34.7 Å². The van der Waals surface area contributed by atoms with Crippen LogP contribution in [0.15, 0.2) is 28.8 Å². The third-order valence-electron chi connectivity index (χ3n) is 1.61. The lowest BCUT2D eigenvalue weighted by Crippen LogP contribution is -1.81. The lowest BCUT2D eigenvalue weighted by atomic mass is 10.2. The molecule has 0 aliphatic rings. The first-order chi connectivity index (χ1) is 6.25. The zero-order valence-corrected chi connectivity index (χ0v) is 9.15. The van der Waals surface area contributed by atoms with Gasteiger partial charge in [0, 0.05) is 16.1 Å². The van der Waals surface area contributed by atoms with E-state index in [9.17, 15) is 0 Å². The minimum Gasteiger partial charge on any atom is -0.339 e. The van der Waals surface area contributed by atoms with Gasteiger partial charge in [-0.2, -0.15) is 4.98 Å². The van der Waals surface area contributed by atoms with Crippen LogP contribution in [-0.2, 0) is 0 Å². The van der Waals surface area contributed by atoms with Crippen molar-refractivity contribution in [2.24, 2.45) is 0 Å². The van der Waals surface area contributed by atoms with Crippen molar-refractivity contribution in [2.75, 3.05) is 0 Å². The van der Waals surface area contributed by atoms with Crippen LogP contribution in [0.2, 0.25) is 0 Å². The zero-order valence-electron chi connectivity index (χ0n) is 6.99. The van der Waals surface area contributed by atoms with Crippen molar-refractivity contribution in [2.45, 2.75) is 6.92 Å². The number of nitrogens with zero attached hydrogens (tertiary/aromatic N) is 2. The van der Waals surface area contributed by atoms with Crippen LogP contribution in [0, 0.1) is 10.5 Å². The van der Waals surface area contributed by atoms with Crippen LogP contribution in [0.5, 0.6) is 0 Å². The van der Waals surface area contributed by atoms with Gasteiger partial charge in [0.25, 0.3) is 0 Å². The molecule has 0 amide bonds. The Morgan fingerprint density at radius 3 is 2.85 bits per heavy atom. The number of aryl methyl sites for hydroxylation is 1. The van der Waals surface area contributed by atoms with Crippen molar-refractivity contribution in [3.05, 3.63) is 33.7 Å². The topological polar surface area (TPSA) is 38.9 Å². The fraction of sp³-hybridized carbons (Fsp3) is 0.111. The summed E-state index contributed by atoms with van der Waals surface area (Å²) in [7, 11) is 0. The SMILES string of the molecule is Cc1nc(-c2cccc(I)c2)no1. The van der Waals surface area contributed by atoms with E-state index >= 15 is 0 Å². The van der Waals surface area contributed by atoms with Gasteiger partial charge in [0.1, 0.15) is 0 Å².